The molecule has 3 heteroatoms. The number of ether oxygens (including phenoxy) is 1. The van der Waals surface area contributed by atoms with Crippen LogP contribution in [0.15, 0.2) is 24.3 Å². The van der Waals surface area contributed by atoms with Crippen LogP contribution in [0.3, 0.4) is 0 Å². The van der Waals surface area contributed by atoms with E-state index in [1.165, 1.54) is 0 Å². The maximum absolute atomic E-state index is 8.58. The third kappa shape index (κ3) is 3.43. The predicted octanol–water partition coefficient (Wildman–Crippen LogP) is 3.49. The lowest BCUT2D eigenvalue weighted by atomic mass is 9.86. The lowest BCUT2D eigenvalue weighted by Gasteiger charge is -2.22. The first-order valence-electron chi connectivity index (χ1n) is 5.21. The Labute approximate surface area is 102 Å². The second-order valence-corrected chi connectivity index (χ2v) is 5.18. The monoisotopic (exact) mass is 237 g/mol. The summed E-state index contributed by atoms with van der Waals surface area (Å²) in [6.07, 6.45) is 0. The molecular formula is C13H16ClNO. The van der Waals surface area contributed by atoms with Gasteiger partial charge in [0.15, 0.2) is 5.38 Å². The van der Waals surface area contributed by atoms with Crippen molar-refractivity contribution in [1.82, 2.24) is 0 Å². The van der Waals surface area contributed by atoms with E-state index in [9.17, 15) is 0 Å². The largest absolute Gasteiger partial charge is 0.491 e. The lowest BCUT2D eigenvalue weighted by molar-refractivity contribution is 0.319. The molecule has 0 amide bonds. The molecule has 1 aromatic rings. The fraction of sp³-hybridized carbons (Fsp3) is 0.462. The zero-order valence-corrected chi connectivity index (χ0v) is 10.6. The molecule has 1 unspecified atom stereocenters. The molecule has 2 nitrogen and oxygen atoms in total. The molecule has 0 saturated carbocycles. The van der Waals surface area contributed by atoms with Gasteiger partial charge in [-0.3, -0.25) is 0 Å². The van der Waals surface area contributed by atoms with E-state index in [4.69, 9.17) is 21.6 Å². The topological polar surface area (TPSA) is 33.0 Å². The smallest absolute Gasteiger partial charge is 0.154 e. The van der Waals surface area contributed by atoms with Gasteiger partial charge in [-0.1, -0.05) is 39.0 Å². The zero-order chi connectivity index (χ0) is 12.2. The van der Waals surface area contributed by atoms with Crippen molar-refractivity contribution in [2.75, 3.05) is 6.61 Å². The minimum atomic E-state index is -0.604. The summed E-state index contributed by atoms with van der Waals surface area (Å²) in [4.78, 5) is 0. The van der Waals surface area contributed by atoms with Crippen LogP contribution in [-0.4, -0.2) is 12.0 Å². The third-order valence-electron chi connectivity index (χ3n) is 2.22. The predicted molar refractivity (Wildman–Crippen MR) is 65.9 cm³/mol. The Hall–Kier alpha value is -1.20. The molecule has 0 saturated heterocycles. The van der Waals surface area contributed by atoms with Gasteiger partial charge < -0.3 is 4.74 Å². The van der Waals surface area contributed by atoms with Crippen molar-refractivity contribution in [3.05, 3.63) is 29.8 Å². The second kappa shape index (κ2) is 5.23. The van der Waals surface area contributed by atoms with Crippen molar-refractivity contribution >= 4 is 11.6 Å². The number of rotatable bonds is 3. The van der Waals surface area contributed by atoms with Crippen LogP contribution in [0.4, 0.5) is 0 Å². The van der Waals surface area contributed by atoms with Crippen LogP contribution >= 0.6 is 11.6 Å². The number of hydrogen-bond acceptors (Lipinski definition) is 2. The Morgan fingerprint density at radius 3 is 2.56 bits per heavy atom. The molecule has 86 valence electrons. The number of benzene rings is 1. The molecule has 0 aromatic heterocycles. The molecular weight excluding hydrogens is 222 g/mol. The maximum Gasteiger partial charge on any atom is 0.154 e. The third-order valence-corrected chi connectivity index (χ3v) is 2.44. The summed E-state index contributed by atoms with van der Waals surface area (Å²) in [7, 11) is 0. The second-order valence-electron chi connectivity index (χ2n) is 4.65. The van der Waals surface area contributed by atoms with E-state index < -0.39 is 5.38 Å². The Morgan fingerprint density at radius 1 is 1.38 bits per heavy atom. The van der Waals surface area contributed by atoms with Crippen molar-refractivity contribution in [3.63, 3.8) is 0 Å². The Kier molecular flexibility index (Phi) is 4.20. The standard InChI is InChI=1S/C13H16ClNO/c1-13(2,3)11-6-4-5-7-12(11)16-9-10(14)8-15/h4-7,10H,9H2,1-3H3. The number of nitrogens with zero attached hydrogens (tertiary/aromatic N) is 1. The lowest BCUT2D eigenvalue weighted by Crippen LogP contribution is -2.16. The summed E-state index contributed by atoms with van der Waals surface area (Å²) in [5, 5.41) is 7.98. The molecule has 0 aliphatic heterocycles. The summed E-state index contributed by atoms with van der Waals surface area (Å²) in [5.41, 5.74) is 1.14. The Balaban J connectivity index is 2.85. The van der Waals surface area contributed by atoms with Crippen LogP contribution in [0, 0.1) is 11.3 Å². The van der Waals surface area contributed by atoms with Gasteiger partial charge in [0, 0.05) is 0 Å². The van der Waals surface area contributed by atoms with Crippen LogP contribution in [0.25, 0.3) is 0 Å². The summed E-state index contributed by atoms with van der Waals surface area (Å²) >= 11 is 5.70. The fourth-order valence-electron chi connectivity index (χ4n) is 1.41. The van der Waals surface area contributed by atoms with Crippen LogP contribution in [0.5, 0.6) is 5.75 Å². The molecule has 0 spiro atoms. The van der Waals surface area contributed by atoms with E-state index in [0.717, 1.165) is 11.3 Å². The van der Waals surface area contributed by atoms with E-state index in [1.807, 2.05) is 30.3 Å². The van der Waals surface area contributed by atoms with Gasteiger partial charge in [0.1, 0.15) is 12.4 Å². The molecule has 0 N–H and O–H groups in total. The molecule has 0 radical (unpaired) electrons. The van der Waals surface area contributed by atoms with E-state index in [0.29, 0.717) is 0 Å². The number of nitriles is 1. The minimum absolute atomic E-state index is 0.0189. The zero-order valence-electron chi connectivity index (χ0n) is 9.83. The number of alkyl halides is 1. The molecule has 0 aliphatic carbocycles. The number of halogens is 1. The normalized spacial score (nSPS) is 12.9. The summed E-state index contributed by atoms with van der Waals surface area (Å²) in [5.74, 6) is 0.802. The highest BCUT2D eigenvalue weighted by atomic mass is 35.5. The highest BCUT2D eigenvalue weighted by Gasteiger charge is 2.18. The quantitative estimate of drug-likeness (QED) is 0.754. The Morgan fingerprint density at radius 2 is 2.00 bits per heavy atom. The first kappa shape index (κ1) is 12.9. The molecule has 1 rings (SSSR count). The number of para-hydroxylation sites is 1. The van der Waals surface area contributed by atoms with Gasteiger partial charge in [0.05, 0.1) is 6.07 Å². The van der Waals surface area contributed by atoms with Crippen LogP contribution in [-0.2, 0) is 5.41 Å². The van der Waals surface area contributed by atoms with Gasteiger partial charge in [0.25, 0.3) is 0 Å². The Bertz CT molecular complexity index is 390. The van der Waals surface area contributed by atoms with Gasteiger partial charge in [-0.2, -0.15) is 5.26 Å². The average Bonchev–Trinajstić information content (AvgIpc) is 2.25. The summed E-state index contributed by atoms with van der Waals surface area (Å²) < 4.78 is 5.56. The molecule has 0 bridgehead atoms. The van der Waals surface area contributed by atoms with E-state index in [1.54, 1.807) is 0 Å². The van der Waals surface area contributed by atoms with Crippen molar-refractivity contribution in [1.29, 1.82) is 5.26 Å². The van der Waals surface area contributed by atoms with E-state index in [-0.39, 0.29) is 12.0 Å². The van der Waals surface area contributed by atoms with Gasteiger partial charge >= 0.3 is 0 Å². The van der Waals surface area contributed by atoms with Gasteiger partial charge in [0.2, 0.25) is 0 Å². The van der Waals surface area contributed by atoms with Crippen LogP contribution in [0.1, 0.15) is 26.3 Å². The van der Waals surface area contributed by atoms with E-state index in [2.05, 4.69) is 20.8 Å². The SMILES string of the molecule is CC(C)(C)c1ccccc1OCC(Cl)C#N. The van der Waals surface area contributed by atoms with Crippen LogP contribution < -0.4 is 4.74 Å². The molecule has 1 atom stereocenters. The van der Waals surface area contributed by atoms with Crippen molar-refractivity contribution in [3.8, 4) is 11.8 Å². The first-order chi connectivity index (χ1) is 7.45. The molecule has 0 heterocycles. The molecule has 0 fully saturated rings. The van der Waals surface area contributed by atoms with Crippen molar-refractivity contribution in [2.24, 2.45) is 0 Å². The van der Waals surface area contributed by atoms with Gasteiger partial charge in [-0.05, 0) is 17.0 Å². The van der Waals surface area contributed by atoms with Crippen molar-refractivity contribution < 1.29 is 4.74 Å². The molecule has 16 heavy (non-hydrogen) atoms. The minimum Gasteiger partial charge on any atom is -0.491 e. The highest BCUT2D eigenvalue weighted by Crippen LogP contribution is 2.30. The van der Waals surface area contributed by atoms with Crippen LogP contribution in [0.2, 0.25) is 0 Å². The maximum atomic E-state index is 8.58. The molecule has 0 aliphatic rings. The average molecular weight is 238 g/mol. The van der Waals surface area contributed by atoms with E-state index >= 15 is 0 Å². The van der Waals surface area contributed by atoms with Crippen molar-refractivity contribution in [2.45, 2.75) is 31.6 Å². The summed E-state index contributed by atoms with van der Waals surface area (Å²) in [6.45, 7) is 6.58. The highest BCUT2D eigenvalue weighted by molar-refractivity contribution is 6.22. The summed E-state index contributed by atoms with van der Waals surface area (Å²) in [6, 6.07) is 9.77. The number of hydrogen-bond donors (Lipinski definition) is 0. The van der Waals surface area contributed by atoms with Gasteiger partial charge in [-0.15, -0.1) is 11.6 Å². The van der Waals surface area contributed by atoms with Gasteiger partial charge in [-0.25, -0.2) is 0 Å². The fourth-order valence-corrected chi connectivity index (χ4v) is 1.48. The molecule has 1 aromatic carbocycles. The first-order valence-corrected chi connectivity index (χ1v) is 5.65.